The molecule has 1 N–H and O–H groups in total. The highest BCUT2D eigenvalue weighted by Gasteiger charge is 2.29. The number of hydrogen-bond acceptors (Lipinski definition) is 3. The first-order chi connectivity index (χ1) is 5.31. The van der Waals surface area contributed by atoms with E-state index in [9.17, 15) is 0 Å². The van der Waals surface area contributed by atoms with Gasteiger partial charge in [0.05, 0.1) is 5.69 Å². The maximum atomic E-state index is 8.87. The fourth-order valence-corrected chi connectivity index (χ4v) is 1.27. The quantitative estimate of drug-likeness (QED) is 0.697. The Kier molecular flexibility index (Phi) is 1.46. The molecule has 1 saturated carbocycles. The van der Waals surface area contributed by atoms with Gasteiger partial charge in [0.1, 0.15) is 6.61 Å². The molecule has 0 aromatic carbocycles. The number of oxazole rings is 1. The molecule has 0 aliphatic heterocycles. The maximum absolute atomic E-state index is 8.87. The third-order valence-electron chi connectivity index (χ3n) is 1.94. The van der Waals surface area contributed by atoms with Gasteiger partial charge in [0, 0.05) is 12.8 Å². The van der Waals surface area contributed by atoms with Gasteiger partial charge in [-0.15, -0.1) is 0 Å². The predicted molar refractivity (Wildman–Crippen MR) is 39.1 cm³/mol. The van der Waals surface area contributed by atoms with Crippen LogP contribution in [0.3, 0.4) is 0 Å². The average Bonchev–Trinajstić information content (AvgIpc) is 2.75. The summed E-state index contributed by atoms with van der Waals surface area (Å²) in [6.07, 6.45) is 2.39. The van der Waals surface area contributed by atoms with Gasteiger partial charge in [0.15, 0.2) is 11.7 Å². The molecule has 1 aromatic rings. The van der Waals surface area contributed by atoms with Crippen LogP contribution in [0.15, 0.2) is 4.42 Å². The van der Waals surface area contributed by atoms with Gasteiger partial charge < -0.3 is 9.52 Å². The molecule has 0 radical (unpaired) electrons. The molecule has 0 bridgehead atoms. The van der Waals surface area contributed by atoms with E-state index in [1.807, 2.05) is 6.92 Å². The summed E-state index contributed by atoms with van der Waals surface area (Å²) < 4.78 is 5.20. The van der Waals surface area contributed by atoms with E-state index in [-0.39, 0.29) is 6.61 Å². The number of aliphatic hydroxyl groups is 1. The lowest BCUT2D eigenvalue weighted by Crippen LogP contribution is -1.87. The molecule has 0 unspecified atom stereocenters. The molecular weight excluding hydrogens is 142 g/mol. The van der Waals surface area contributed by atoms with Gasteiger partial charge in [-0.25, -0.2) is 4.98 Å². The van der Waals surface area contributed by atoms with E-state index in [0.29, 0.717) is 17.6 Å². The van der Waals surface area contributed by atoms with Gasteiger partial charge in [-0.1, -0.05) is 0 Å². The Hall–Kier alpha value is -0.830. The van der Waals surface area contributed by atoms with Gasteiger partial charge in [-0.05, 0) is 12.8 Å². The molecule has 0 saturated heterocycles. The second kappa shape index (κ2) is 2.34. The fourth-order valence-electron chi connectivity index (χ4n) is 1.27. The van der Waals surface area contributed by atoms with Crippen LogP contribution in [-0.4, -0.2) is 10.1 Å². The zero-order valence-corrected chi connectivity index (χ0v) is 6.50. The van der Waals surface area contributed by atoms with Gasteiger partial charge in [-0.2, -0.15) is 0 Å². The summed E-state index contributed by atoms with van der Waals surface area (Å²) in [6, 6.07) is 0. The van der Waals surface area contributed by atoms with Gasteiger partial charge in [-0.3, -0.25) is 0 Å². The van der Waals surface area contributed by atoms with Crippen LogP contribution in [0.2, 0.25) is 0 Å². The SMILES string of the molecule is Cc1nc(C2CC2)c(CO)o1. The van der Waals surface area contributed by atoms with Crippen molar-refractivity contribution >= 4 is 0 Å². The Labute approximate surface area is 65.1 Å². The van der Waals surface area contributed by atoms with Gasteiger partial charge >= 0.3 is 0 Å². The molecule has 1 aromatic heterocycles. The molecule has 1 aliphatic rings. The van der Waals surface area contributed by atoms with E-state index in [1.54, 1.807) is 0 Å². The van der Waals surface area contributed by atoms with Crippen molar-refractivity contribution < 1.29 is 9.52 Å². The summed E-state index contributed by atoms with van der Waals surface area (Å²) in [5, 5.41) is 8.87. The van der Waals surface area contributed by atoms with Crippen LogP contribution in [0.1, 0.15) is 36.1 Å². The summed E-state index contributed by atoms with van der Waals surface area (Å²) in [7, 11) is 0. The van der Waals surface area contributed by atoms with Crippen LogP contribution in [0, 0.1) is 6.92 Å². The predicted octanol–water partition coefficient (Wildman–Crippen LogP) is 1.35. The standard InChI is InChI=1S/C8H11NO2/c1-5-9-8(6-2-3-6)7(4-10)11-5/h6,10H,2-4H2,1H3. The molecule has 2 rings (SSSR count). The van der Waals surface area contributed by atoms with Crippen LogP contribution in [-0.2, 0) is 6.61 Å². The topological polar surface area (TPSA) is 46.3 Å². The van der Waals surface area contributed by atoms with E-state index < -0.39 is 0 Å². The highest BCUT2D eigenvalue weighted by atomic mass is 16.4. The van der Waals surface area contributed by atoms with E-state index in [1.165, 1.54) is 12.8 Å². The summed E-state index contributed by atoms with van der Waals surface area (Å²) in [6.45, 7) is 1.79. The number of rotatable bonds is 2. The minimum Gasteiger partial charge on any atom is -0.443 e. The van der Waals surface area contributed by atoms with Crippen molar-refractivity contribution in [3.05, 3.63) is 17.3 Å². The second-order valence-electron chi connectivity index (χ2n) is 2.97. The number of nitrogens with zero attached hydrogens (tertiary/aromatic N) is 1. The zero-order chi connectivity index (χ0) is 7.84. The van der Waals surface area contributed by atoms with Crippen molar-refractivity contribution in [1.82, 2.24) is 4.98 Å². The number of aryl methyl sites for hydroxylation is 1. The Morgan fingerprint density at radius 1 is 1.64 bits per heavy atom. The lowest BCUT2D eigenvalue weighted by atomic mass is 10.2. The molecule has 1 aliphatic carbocycles. The van der Waals surface area contributed by atoms with E-state index >= 15 is 0 Å². The molecule has 1 heterocycles. The second-order valence-corrected chi connectivity index (χ2v) is 2.97. The first kappa shape index (κ1) is 6.85. The van der Waals surface area contributed by atoms with E-state index in [4.69, 9.17) is 9.52 Å². The Morgan fingerprint density at radius 2 is 2.36 bits per heavy atom. The number of aromatic nitrogens is 1. The normalized spacial score (nSPS) is 17.3. The monoisotopic (exact) mass is 153 g/mol. The smallest absolute Gasteiger partial charge is 0.191 e. The van der Waals surface area contributed by atoms with Crippen molar-refractivity contribution in [2.24, 2.45) is 0 Å². The largest absolute Gasteiger partial charge is 0.443 e. The Morgan fingerprint density at radius 3 is 2.91 bits per heavy atom. The van der Waals surface area contributed by atoms with Gasteiger partial charge in [0.2, 0.25) is 0 Å². The van der Waals surface area contributed by atoms with E-state index in [2.05, 4.69) is 4.98 Å². The van der Waals surface area contributed by atoms with Crippen LogP contribution in [0.4, 0.5) is 0 Å². The summed E-state index contributed by atoms with van der Waals surface area (Å²) >= 11 is 0. The van der Waals surface area contributed by atoms with Crippen molar-refractivity contribution in [2.45, 2.75) is 32.3 Å². The summed E-state index contributed by atoms with van der Waals surface area (Å²) in [5.41, 5.74) is 0.977. The number of aliphatic hydroxyl groups excluding tert-OH is 1. The highest BCUT2D eigenvalue weighted by Crippen LogP contribution is 2.41. The van der Waals surface area contributed by atoms with Crippen LogP contribution < -0.4 is 0 Å². The third kappa shape index (κ3) is 1.16. The Balaban J connectivity index is 2.34. The molecule has 11 heavy (non-hydrogen) atoms. The zero-order valence-electron chi connectivity index (χ0n) is 6.50. The maximum Gasteiger partial charge on any atom is 0.191 e. The van der Waals surface area contributed by atoms with Crippen molar-refractivity contribution in [3.63, 3.8) is 0 Å². The first-order valence-corrected chi connectivity index (χ1v) is 3.88. The van der Waals surface area contributed by atoms with Crippen LogP contribution >= 0.6 is 0 Å². The number of hydrogen-bond donors (Lipinski definition) is 1. The molecule has 3 heteroatoms. The molecule has 1 fully saturated rings. The lowest BCUT2D eigenvalue weighted by molar-refractivity contribution is 0.243. The fraction of sp³-hybridized carbons (Fsp3) is 0.625. The summed E-state index contributed by atoms with van der Waals surface area (Å²) in [4.78, 5) is 4.22. The van der Waals surface area contributed by atoms with Crippen molar-refractivity contribution in [3.8, 4) is 0 Å². The van der Waals surface area contributed by atoms with Crippen molar-refractivity contribution in [1.29, 1.82) is 0 Å². The molecule has 60 valence electrons. The minimum absolute atomic E-state index is 0.0212. The van der Waals surface area contributed by atoms with Crippen LogP contribution in [0.5, 0.6) is 0 Å². The van der Waals surface area contributed by atoms with E-state index in [0.717, 1.165) is 5.69 Å². The first-order valence-electron chi connectivity index (χ1n) is 3.88. The molecule has 3 nitrogen and oxygen atoms in total. The Bertz CT molecular complexity index is 263. The van der Waals surface area contributed by atoms with Gasteiger partial charge in [0.25, 0.3) is 0 Å². The highest BCUT2D eigenvalue weighted by molar-refractivity contribution is 5.19. The molecule has 0 amide bonds. The minimum atomic E-state index is -0.0212. The molecular formula is C8H11NO2. The molecule has 0 spiro atoms. The molecule has 0 atom stereocenters. The third-order valence-corrected chi connectivity index (χ3v) is 1.94. The van der Waals surface area contributed by atoms with Crippen LogP contribution in [0.25, 0.3) is 0 Å². The van der Waals surface area contributed by atoms with Crippen molar-refractivity contribution in [2.75, 3.05) is 0 Å². The summed E-state index contributed by atoms with van der Waals surface area (Å²) in [5.74, 6) is 1.88. The average molecular weight is 153 g/mol. The lowest BCUT2D eigenvalue weighted by Gasteiger charge is -1.91.